The van der Waals surface area contributed by atoms with Crippen LogP contribution < -0.4 is 10.5 Å². The van der Waals surface area contributed by atoms with E-state index in [0.717, 1.165) is 5.39 Å². The fourth-order valence-corrected chi connectivity index (χ4v) is 2.78. The normalized spacial score (nSPS) is 10.8. The van der Waals surface area contributed by atoms with E-state index in [1.54, 1.807) is 36.5 Å². The van der Waals surface area contributed by atoms with E-state index in [4.69, 9.17) is 45.3 Å². The maximum atomic E-state index is 6.15. The smallest absolute Gasteiger partial charge is 0.164 e. The molecular weight excluding hydrogens is 331 g/mol. The van der Waals surface area contributed by atoms with Crippen molar-refractivity contribution in [1.82, 2.24) is 4.98 Å². The highest BCUT2D eigenvalue weighted by Gasteiger charge is 2.13. The highest BCUT2D eigenvalue weighted by molar-refractivity contribution is 6.37. The zero-order valence-electron chi connectivity index (χ0n) is 10.6. The monoisotopic (exact) mass is 338 g/mol. The van der Waals surface area contributed by atoms with Crippen molar-refractivity contribution >= 4 is 51.4 Å². The van der Waals surface area contributed by atoms with Crippen LogP contribution in [0.4, 0.5) is 5.69 Å². The summed E-state index contributed by atoms with van der Waals surface area (Å²) in [6.45, 7) is 0. The molecule has 21 heavy (non-hydrogen) atoms. The summed E-state index contributed by atoms with van der Waals surface area (Å²) < 4.78 is 5.82. The van der Waals surface area contributed by atoms with Crippen molar-refractivity contribution in [2.75, 3.05) is 5.73 Å². The van der Waals surface area contributed by atoms with E-state index in [0.29, 0.717) is 37.8 Å². The summed E-state index contributed by atoms with van der Waals surface area (Å²) in [7, 11) is 0. The quantitative estimate of drug-likeness (QED) is 0.621. The summed E-state index contributed by atoms with van der Waals surface area (Å²) in [6.07, 6.45) is 1.66. The van der Waals surface area contributed by atoms with Gasteiger partial charge in [0.2, 0.25) is 0 Å². The van der Waals surface area contributed by atoms with Gasteiger partial charge in [-0.3, -0.25) is 4.98 Å². The second-order valence-electron chi connectivity index (χ2n) is 4.36. The second kappa shape index (κ2) is 5.60. The number of rotatable bonds is 2. The maximum Gasteiger partial charge on any atom is 0.164 e. The number of benzene rings is 2. The third kappa shape index (κ3) is 2.72. The summed E-state index contributed by atoms with van der Waals surface area (Å²) >= 11 is 18.4. The number of pyridine rings is 1. The summed E-state index contributed by atoms with van der Waals surface area (Å²) in [4.78, 5) is 4.29. The van der Waals surface area contributed by atoms with Gasteiger partial charge in [-0.25, -0.2) is 0 Å². The number of halogens is 3. The first-order valence-corrected chi connectivity index (χ1v) is 7.15. The largest absolute Gasteiger partial charge is 0.452 e. The molecule has 0 spiro atoms. The number of aromatic nitrogens is 1. The van der Waals surface area contributed by atoms with Gasteiger partial charge in [-0.2, -0.15) is 0 Å². The van der Waals surface area contributed by atoms with Crippen molar-refractivity contribution in [2.45, 2.75) is 0 Å². The van der Waals surface area contributed by atoms with Crippen molar-refractivity contribution in [1.29, 1.82) is 0 Å². The Bertz CT molecular complexity index is 813. The minimum absolute atomic E-state index is 0.332. The van der Waals surface area contributed by atoms with Gasteiger partial charge in [0.05, 0.1) is 15.1 Å². The standard InChI is InChI=1S/C15H9Cl3N2O/c16-10-3-4-13(14-9(10)2-1-5-20-14)21-15-11(17)6-8(19)7-12(15)18/h1-7H,19H2. The average molecular weight is 340 g/mol. The van der Waals surface area contributed by atoms with Gasteiger partial charge in [0.25, 0.3) is 0 Å². The average Bonchev–Trinajstić information content (AvgIpc) is 2.45. The van der Waals surface area contributed by atoms with Gasteiger partial charge in [0, 0.05) is 17.3 Å². The molecule has 0 atom stereocenters. The molecule has 3 rings (SSSR count). The van der Waals surface area contributed by atoms with Gasteiger partial charge in [-0.05, 0) is 36.4 Å². The Balaban J connectivity index is 2.13. The van der Waals surface area contributed by atoms with Gasteiger partial charge in [0.1, 0.15) is 5.52 Å². The first kappa shape index (κ1) is 14.3. The third-order valence-corrected chi connectivity index (χ3v) is 3.80. The van der Waals surface area contributed by atoms with Gasteiger partial charge < -0.3 is 10.5 Å². The number of nitrogens with zero attached hydrogens (tertiary/aromatic N) is 1. The Hall–Kier alpha value is -1.68. The van der Waals surface area contributed by atoms with E-state index in [1.807, 2.05) is 6.07 Å². The zero-order valence-corrected chi connectivity index (χ0v) is 12.9. The predicted octanol–water partition coefficient (Wildman–Crippen LogP) is 5.57. The lowest BCUT2D eigenvalue weighted by Crippen LogP contribution is -1.92. The van der Waals surface area contributed by atoms with E-state index < -0.39 is 0 Å². The molecule has 0 aliphatic rings. The molecule has 0 saturated heterocycles. The molecule has 1 heterocycles. The number of fused-ring (bicyclic) bond motifs is 1. The summed E-state index contributed by atoms with van der Waals surface area (Å²) in [5.74, 6) is 0.852. The number of nitrogens with two attached hydrogens (primary N) is 1. The molecule has 1 aromatic heterocycles. The lowest BCUT2D eigenvalue weighted by atomic mass is 10.2. The number of hydrogen-bond donors (Lipinski definition) is 1. The Morgan fingerprint density at radius 2 is 1.67 bits per heavy atom. The molecule has 0 bridgehead atoms. The van der Waals surface area contributed by atoms with Crippen LogP contribution in [-0.4, -0.2) is 4.98 Å². The van der Waals surface area contributed by atoms with Crippen molar-refractivity contribution in [3.63, 3.8) is 0 Å². The van der Waals surface area contributed by atoms with Crippen LogP contribution >= 0.6 is 34.8 Å². The van der Waals surface area contributed by atoms with Crippen LogP contribution in [0.25, 0.3) is 10.9 Å². The van der Waals surface area contributed by atoms with E-state index in [9.17, 15) is 0 Å². The van der Waals surface area contributed by atoms with Crippen LogP contribution in [0.3, 0.4) is 0 Å². The van der Waals surface area contributed by atoms with Crippen LogP contribution in [0.2, 0.25) is 15.1 Å². The zero-order chi connectivity index (χ0) is 15.0. The molecule has 0 aliphatic carbocycles. The van der Waals surface area contributed by atoms with Crippen molar-refractivity contribution in [2.24, 2.45) is 0 Å². The van der Waals surface area contributed by atoms with E-state index in [-0.39, 0.29) is 0 Å². The molecule has 0 fully saturated rings. The summed E-state index contributed by atoms with van der Waals surface area (Å²) in [5.41, 5.74) is 6.78. The number of nitrogen functional groups attached to an aromatic ring is 1. The van der Waals surface area contributed by atoms with Gasteiger partial charge in [-0.15, -0.1) is 0 Å². The number of hydrogen-bond acceptors (Lipinski definition) is 3. The molecule has 106 valence electrons. The van der Waals surface area contributed by atoms with Gasteiger partial charge >= 0.3 is 0 Å². The van der Waals surface area contributed by atoms with Crippen molar-refractivity contribution < 1.29 is 4.74 Å². The Kier molecular flexibility index (Phi) is 3.81. The summed E-state index contributed by atoms with van der Waals surface area (Å²) in [5, 5.41) is 2.05. The van der Waals surface area contributed by atoms with Gasteiger partial charge in [0.15, 0.2) is 11.5 Å². The predicted molar refractivity (Wildman–Crippen MR) is 87.7 cm³/mol. The molecular formula is C15H9Cl3N2O. The minimum atomic E-state index is 0.332. The fraction of sp³-hybridized carbons (Fsp3) is 0. The van der Waals surface area contributed by atoms with Crippen LogP contribution in [0.15, 0.2) is 42.6 Å². The second-order valence-corrected chi connectivity index (χ2v) is 5.58. The highest BCUT2D eigenvalue weighted by Crippen LogP contribution is 2.40. The van der Waals surface area contributed by atoms with Crippen molar-refractivity contribution in [3.8, 4) is 11.5 Å². The number of anilines is 1. The lowest BCUT2D eigenvalue weighted by molar-refractivity contribution is 0.488. The molecule has 0 saturated carbocycles. The topological polar surface area (TPSA) is 48.1 Å². The van der Waals surface area contributed by atoms with Crippen LogP contribution in [-0.2, 0) is 0 Å². The molecule has 0 radical (unpaired) electrons. The molecule has 0 unspecified atom stereocenters. The van der Waals surface area contributed by atoms with E-state index >= 15 is 0 Å². The molecule has 3 aromatic rings. The maximum absolute atomic E-state index is 6.15. The van der Waals surface area contributed by atoms with Crippen LogP contribution in [0.1, 0.15) is 0 Å². The van der Waals surface area contributed by atoms with Gasteiger partial charge in [-0.1, -0.05) is 34.8 Å². The molecule has 3 nitrogen and oxygen atoms in total. The first-order chi connectivity index (χ1) is 10.1. The van der Waals surface area contributed by atoms with Crippen LogP contribution in [0, 0.1) is 0 Å². The minimum Gasteiger partial charge on any atom is -0.452 e. The fourth-order valence-electron chi connectivity index (χ4n) is 1.98. The lowest BCUT2D eigenvalue weighted by Gasteiger charge is -2.12. The summed E-state index contributed by atoms with van der Waals surface area (Å²) in [6, 6.07) is 10.3. The molecule has 6 heteroatoms. The van der Waals surface area contributed by atoms with Crippen LogP contribution in [0.5, 0.6) is 11.5 Å². The van der Waals surface area contributed by atoms with E-state index in [2.05, 4.69) is 4.98 Å². The molecule has 0 aliphatic heterocycles. The Labute approximate surface area is 136 Å². The van der Waals surface area contributed by atoms with Crippen molar-refractivity contribution in [3.05, 3.63) is 57.7 Å². The first-order valence-electron chi connectivity index (χ1n) is 6.02. The van der Waals surface area contributed by atoms with E-state index in [1.165, 1.54) is 0 Å². The SMILES string of the molecule is Nc1cc(Cl)c(Oc2ccc(Cl)c3cccnc23)c(Cl)c1. The Morgan fingerprint density at radius 1 is 0.952 bits per heavy atom. The Morgan fingerprint density at radius 3 is 2.38 bits per heavy atom. The molecule has 2 aromatic carbocycles. The highest BCUT2D eigenvalue weighted by atomic mass is 35.5. The molecule has 2 N–H and O–H groups in total. The third-order valence-electron chi connectivity index (χ3n) is 2.91. The number of ether oxygens (including phenoxy) is 1. The molecule has 0 amide bonds.